The lowest BCUT2D eigenvalue weighted by Gasteiger charge is -2.16. The van der Waals surface area contributed by atoms with E-state index in [-0.39, 0.29) is 17.9 Å². The van der Waals surface area contributed by atoms with Crippen molar-refractivity contribution in [1.29, 1.82) is 0 Å². The van der Waals surface area contributed by atoms with E-state index < -0.39 is 0 Å². The van der Waals surface area contributed by atoms with Crippen LogP contribution in [0.3, 0.4) is 0 Å². The van der Waals surface area contributed by atoms with E-state index in [0.717, 1.165) is 25.8 Å². The van der Waals surface area contributed by atoms with Crippen molar-refractivity contribution in [2.75, 3.05) is 32.8 Å². The molecule has 3 rings (SSSR count). The van der Waals surface area contributed by atoms with Gasteiger partial charge in [0.2, 0.25) is 11.8 Å². The van der Waals surface area contributed by atoms with Crippen LogP contribution in [0.2, 0.25) is 0 Å². The molecule has 1 N–H and O–H groups in total. The molecule has 0 radical (unpaired) electrons. The van der Waals surface area contributed by atoms with Crippen LogP contribution in [0, 0.1) is 0 Å². The first-order valence-electron chi connectivity index (χ1n) is 8.49. The van der Waals surface area contributed by atoms with Gasteiger partial charge in [0.1, 0.15) is 11.7 Å². The van der Waals surface area contributed by atoms with Gasteiger partial charge in [0.15, 0.2) is 0 Å². The van der Waals surface area contributed by atoms with Crippen molar-refractivity contribution in [2.45, 2.75) is 31.8 Å². The van der Waals surface area contributed by atoms with Crippen molar-refractivity contribution in [2.24, 2.45) is 0 Å². The average molecular weight is 333 g/mol. The fourth-order valence-electron chi connectivity index (χ4n) is 2.93. The van der Waals surface area contributed by atoms with Gasteiger partial charge in [-0.05, 0) is 25.0 Å². The third-order valence-corrected chi connectivity index (χ3v) is 4.24. The first-order valence-corrected chi connectivity index (χ1v) is 8.49. The summed E-state index contributed by atoms with van der Waals surface area (Å²) in [7, 11) is 0. The summed E-state index contributed by atoms with van der Waals surface area (Å²) < 4.78 is 11.1. The summed E-state index contributed by atoms with van der Waals surface area (Å²) in [5, 5.41) is 2.87. The molecule has 2 fully saturated rings. The Morgan fingerprint density at radius 1 is 1.50 bits per heavy atom. The van der Waals surface area contributed by atoms with Gasteiger partial charge in [-0.1, -0.05) is 0 Å². The van der Waals surface area contributed by atoms with E-state index in [1.807, 2.05) is 4.90 Å². The molecular weight excluding hydrogens is 310 g/mol. The number of likely N-dealkylation sites (tertiary alicyclic amines) is 1. The van der Waals surface area contributed by atoms with Crippen molar-refractivity contribution in [3.05, 3.63) is 23.9 Å². The summed E-state index contributed by atoms with van der Waals surface area (Å²) >= 11 is 0. The summed E-state index contributed by atoms with van der Waals surface area (Å²) in [6.07, 6.45) is 4.69. The second-order valence-electron chi connectivity index (χ2n) is 6.05. The summed E-state index contributed by atoms with van der Waals surface area (Å²) in [6.45, 7) is 3.24. The van der Waals surface area contributed by atoms with E-state index in [1.165, 1.54) is 0 Å². The molecular formula is C17H23N3O4. The van der Waals surface area contributed by atoms with Crippen LogP contribution in [-0.2, 0) is 9.53 Å². The molecule has 0 spiro atoms. The van der Waals surface area contributed by atoms with Crippen molar-refractivity contribution >= 4 is 11.8 Å². The molecule has 0 bridgehead atoms. The van der Waals surface area contributed by atoms with Gasteiger partial charge in [0.25, 0.3) is 5.91 Å². The van der Waals surface area contributed by atoms with Crippen molar-refractivity contribution < 1.29 is 19.1 Å². The quantitative estimate of drug-likeness (QED) is 0.753. The van der Waals surface area contributed by atoms with Gasteiger partial charge in [-0.3, -0.25) is 9.59 Å². The molecule has 24 heavy (non-hydrogen) atoms. The van der Waals surface area contributed by atoms with Crippen molar-refractivity contribution in [1.82, 2.24) is 15.2 Å². The second kappa shape index (κ2) is 8.10. The van der Waals surface area contributed by atoms with Crippen LogP contribution in [0.5, 0.6) is 5.88 Å². The van der Waals surface area contributed by atoms with Gasteiger partial charge in [-0.25, -0.2) is 4.98 Å². The molecule has 3 heterocycles. The highest BCUT2D eigenvalue weighted by atomic mass is 16.5. The van der Waals surface area contributed by atoms with E-state index >= 15 is 0 Å². The van der Waals surface area contributed by atoms with Crippen LogP contribution in [0.1, 0.15) is 36.0 Å². The average Bonchev–Trinajstić information content (AvgIpc) is 3.24. The first-order chi connectivity index (χ1) is 11.7. The lowest BCUT2D eigenvalue weighted by Crippen LogP contribution is -2.31. The Labute approximate surface area is 141 Å². The number of carbonyl (C=O) groups excluding carboxylic acids is 2. The molecule has 130 valence electrons. The number of hydrogen-bond donors (Lipinski definition) is 1. The number of pyridine rings is 1. The van der Waals surface area contributed by atoms with Crippen LogP contribution in [0.15, 0.2) is 18.3 Å². The number of carbonyl (C=O) groups is 2. The minimum absolute atomic E-state index is 0.0485. The molecule has 1 atom stereocenters. The zero-order chi connectivity index (χ0) is 16.8. The molecule has 1 aromatic rings. The normalized spacial score (nSPS) is 20.4. The highest BCUT2D eigenvalue weighted by molar-refractivity contribution is 5.96. The lowest BCUT2D eigenvalue weighted by atomic mass is 10.2. The van der Waals surface area contributed by atoms with Gasteiger partial charge in [0, 0.05) is 38.7 Å². The Hall–Kier alpha value is -2.15. The molecule has 2 amide bonds. The summed E-state index contributed by atoms with van der Waals surface area (Å²) in [5.74, 6) is 0.355. The van der Waals surface area contributed by atoms with Crippen LogP contribution in [0.4, 0.5) is 0 Å². The van der Waals surface area contributed by atoms with E-state index in [1.54, 1.807) is 18.3 Å². The predicted octanol–water partition coefficient (Wildman–Crippen LogP) is 0.992. The van der Waals surface area contributed by atoms with Gasteiger partial charge in [-0.15, -0.1) is 0 Å². The summed E-state index contributed by atoms with van der Waals surface area (Å²) in [6, 6.07) is 3.42. The molecule has 0 aromatic carbocycles. The molecule has 7 heteroatoms. The largest absolute Gasteiger partial charge is 0.471 e. The SMILES string of the molecule is O=C(NCCCN1CCCC1=O)c1cccnc1OC1CCOC1. The van der Waals surface area contributed by atoms with E-state index in [9.17, 15) is 9.59 Å². The number of nitrogens with one attached hydrogen (secondary N) is 1. The van der Waals surface area contributed by atoms with Crippen LogP contribution in [0.25, 0.3) is 0 Å². The van der Waals surface area contributed by atoms with Crippen LogP contribution >= 0.6 is 0 Å². The van der Waals surface area contributed by atoms with Crippen LogP contribution in [-0.4, -0.2) is 60.7 Å². The predicted molar refractivity (Wildman–Crippen MR) is 86.9 cm³/mol. The lowest BCUT2D eigenvalue weighted by molar-refractivity contribution is -0.127. The summed E-state index contributed by atoms with van der Waals surface area (Å²) in [5.41, 5.74) is 0.432. The van der Waals surface area contributed by atoms with E-state index in [0.29, 0.717) is 44.2 Å². The smallest absolute Gasteiger partial charge is 0.256 e. The molecule has 1 unspecified atom stereocenters. The Balaban J connectivity index is 1.48. The second-order valence-corrected chi connectivity index (χ2v) is 6.05. The third-order valence-electron chi connectivity index (χ3n) is 4.24. The maximum Gasteiger partial charge on any atom is 0.256 e. The molecule has 2 aliphatic rings. The fraction of sp³-hybridized carbons (Fsp3) is 0.588. The van der Waals surface area contributed by atoms with E-state index in [2.05, 4.69) is 10.3 Å². The molecule has 0 aliphatic carbocycles. The van der Waals surface area contributed by atoms with Crippen molar-refractivity contribution in [3.63, 3.8) is 0 Å². The number of amides is 2. The van der Waals surface area contributed by atoms with Crippen LogP contribution < -0.4 is 10.1 Å². The maximum atomic E-state index is 12.4. The first kappa shape index (κ1) is 16.7. The minimum atomic E-state index is -0.204. The third kappa shape index (κ3) is 4.23. The molecule has 1 aromatic heterocycles. The number of aromatic nitrogens is 1. The van der Waals surface area contributed by atoms with Gasteiger partial charge >= 0.3 is 0 Å². The summed E-state index contributed by atoms with van der Waals surface area (Å²) in [4.78, 5) is 29.9. The highest BCUT2D eigenvalue weighted by Crippen LogP contribution is 2.19. The zero-order valence-electron chi connectivity index (χ0n) is 13.7. The zero-order valence-corrected chi connectivity index (χ0v) is 13.7. The standard InChI is InChI=1S/C17H23N3O4/c21-15-5-2-9-20(15)10-3-8-18-16(22)14-4-1-7-19-17(14)24-13-6-11-23-12-13/h1,4,7,13H,2-3,5-6,8-12H2,(H,18,22). The monoisotopic (exact) mass is 333 g/mol. The minimum Gasteiger partial charge on any atom is -0.471 e. The van der Waals surface area contributed by atoms with Gasteiger partial charge < -0.3 is 19.7 Å². The van der Waals surface area contributed by atoms with Gasteiger partial charge in [0.05, 0.1) is 13.2 Å². The fourth-order valence-corrected chi connectivity index (χ4v) is 2.93. The molecule has 7 nitrogen and oxygen atoms in total. The molecule has 2 saturated heterocycles. The Morgan fingerprint density at radius 2 is 2.42 bits per heavy atom. The Bertz CT molecular complexity index is 587. The highest BCUT2D eigenvalue weighted by Gasteiger charge is 2.22. The number of rotatable bonds is 7. The number of hydrogen-bond acceptors (Lipinski definition) is 5. The molecule has 2 aliphatic heterocycles. The Morgan fingerprint density at radius 3 is 3.17 bits per heavy atom. The topological polar surface area (TPSA) is 80.8 Å². The molecule has 0 saturated carbocycles. The van der Waals surface area contributed by atoms with Gasteiger partial charge in [-0.2, -0.15) is 0 Å². The number of ether oxygens (including phenoxy) is 2. The Kier molecular flexibility index (Phi) is 5.63. The number of nitrogens with zero attached hydrogens (tertiary/aromatic N) is 2. The van der Waals surface area contributed by atoms with Crippen molar-refractivity contribution in [3.8, 4) is 5.88 Å². The van der Waals surface area contributed by atoms with E-state index in [4.69, 9.17) is 9.47 Å². The maximum absolute atomic E-state index is 12.4.